The van der Waals surface area contributed by atoms with Crippen LogP contribution in [0.1, 0.15) is 18.4 Å². The zero-order valence-electron chi connectivity index (χ0n) is 16.4. The van der Waals surface area contributed by atoms with Crippen LogP contribution >= 0.6 is 0 Å². The summed E-state index contributed by atoms with van der Waals surface area (Å²) >= 11 is 0. The number of benzene rings is 2. The van der Waals surface area contributed by atoms with E-state index in [2.05, 4.69) is 0 Å². The van der Waals surface area contributed by atoms with Gasteiger partial charge in [-0.05, 0) is 36.6 Å². The molecule has 0 aromatic heterocycles. The van der Waals surface area contributed by atoms with Gasteiger partial charge >= 0.3 is 11.9 Å². The topological polar surface area (TPSA) is 147 Å². The predicted octanol–water partition coefficient (Wildman–Crippen LogP) is 2.88. The van der Waals surface area contributed by atoms with E-state index in [1.165, 1.54) is 12.1 Å². The summed E-state index contributed by atoms with van der Waals surface area (Å²) in [7, 11) is 0. The number of ketones is 1. The lowest BCUT2D eigenvalue weighted by atomic mass is 9.96. The molecule has 3 rings (SSSR count). The number of nitrogens with zero attached hydrogens (tertiary/aromatic N) is 2. The van der Waals surface area contributed by atoms with Gasteiger partial charge in [0.15, 0.2) is 0 Å². The van der Waals surface area contributed by atoms with Crippen LogP contribution in [-0.2, 0) is 20.8 Å². The van der Waals surface area contributed by atoms with Crippen LogP contribution in [0.3, 0.4) is 0 Å². The molecular formula is C21H20N2O8. The first-order chi connectivity index (χ1) is 14.7. The SMILES string of the molecule is O=C(O)C(=O)Cc1ccc(Oc2ccc([N+](=O)[O-])c(N3CCC(C(=O)O)CC3)c2)cc1. The van der Waals surface area contributed by atoms with Crippen molar-refractivity contribution in [2.75, 3.05) is 18.0 Å². The second-order valence-electron chi connectivity index (χ2n) is 7.16. The van der Waals surface area contributed by atoms with Gasteiger partial charge in [0.2, 0.25) is 5.78 Å². The highest BCUT2D eigenvalue weighted by molar-refractivity contribution is 6.33. The van der Waals surface area contributed by atoms with Crippen LogP contribution in [-0.4, -0.2) is 45.9 Å². The number of Topliss-reactive ketones (excluding diaryl/α,β-unsaturated/α-hetero) is 1. The van der Waals surface area contributed by atoms with Gasteiger partial charge in [0.25, 0.3) is 5.69 Å². The Morgan fingerprint density at radius 2 is 1.65 bits per heavy atom. The first kappa shape index (κ1) is 21.8. The highest BCUT2D eigenvalue weighted by Crippen LogP contribution is 2.36. The molecule has 2 aromatic carbocycles. The van der Waals surface area contributed by atoms with Gasteiger partial charge in [-0.25, -0.2) is 4.79 Å². The lowest BCUT2D eigenvalue weighted by molar-refractivity contribution is -0.384. The van der Waals surface area contributed by atoms with E-state index in [4.69, 9.17) is 14.9 Å². The van der Waals surface area contributed by atoms with Crippen molar-refractivity contribution in [3.63, 3.8) is 0 Å². The maximum absolute atomic E-state index is 11.5. The standard InChI is InChI=1S/C21H20N2O8/c24-19(21(27)28)11-13-1-3-15(4-2-13)31-16-5-6-17(23(29)30)18(12-16)22-9-7-14(8-10-22)20(25)26/h1-6,12,14H,7-11H2,(H,25,26)(H,27,28). The molecule has 0 amide bonds. The molecule has 1 saturated heterocycles. The van der Waals surface area contributed by atoms with Crippen LogP contribution < -0.4 is 9.64 Å². The molecule has 31 heavy (non-hydrogen) atoms. The van der Waals surface area contributed by atoms with Gasteiger partial charge < -0.3 is 19.8 Å². The molecule has 0 unspecified atom stereocenters. The van der Waals surface area contributed by atoms with Gasteiger partial charge in [-0.3, -0.25) is 19.7 Å². The van der Waals surface area contributed by atoms with Gasteiger partial charge in [-0.15, -0.1) is 0 Å². The Hall–Kier alpha value is -3.95. The number of hydrogen-bond donors (Lipinski definition) is 2. The smallest absolute Gasteiger partial charge is 0.372 e. The van der Waals surface area contributed by atoms with E-state index in [-0.39, 0.29) is 12.1 Å². The van der Waals surface area contributed by atoms with E-state index in [0.29, 0.717) is 48.7 Å². The number of carbonyl (C=O) groups excluding carboxylic acids is 1. The zero-order valence-corrected chi connectivity index (χ0v) is 16.4. The zero-order chi connectivity index (χ0) is 22.5. The van der Waals surface area contributed by atoms with Crippen LogP contribution in [0.2, 0.25) is 0 Å². The number of anilines is 1. The van der Waals surface area contributed by atoms with Crippen molar-refractivity contribution in [3.05, 3.63) is 58.1 Å². The molecule has 162 valence electrons. The maximum atomic E-state index is 11.5. The van der Waals surface area contributed by atoms with Crippen molar-refractivity contribution in [3.8, 4) is 11.5 Å². The highest BCUT2D eigenvalue weighted by atomic mass is 16.6. The Morgan fingerprint density at radius 1 is 1.03 bits per heavy atom. The van der Waals surface area contributed by atoms with Crippen LogP contribution in [0.4, 0.5) is 11.4 Å². The van der Waals surface area contributed by atoms with Crippen molar-refractivity contribution >= 4 is 29.1 Å². The summed E-state index contributed by atoms with van der Waals surface area (Å²) in [5, 5.41) is 29.3. The number of nitro benzene ring substituents is 1. The number of rotatable bonds is 8. The third-order valence-corrected chi connectivity index (χ3v) is 5.09. The Balaban J connectivity index is 1.76. The normalized spacial score (nSPS) is 14.1. The molecule has 10 heteroatoms. The minimum Gasteiger partial charge on any atom is -0.481 e. The Labute approximate surface area is 176 Å². The maximum Gasteiger partial charge on any atom is 0.372 e. The minimum absolute atomic E-state index is 0.0938. The summed E-state index contributed by atoms with van der Waals surface area (Å²) in [6.07, 6.45) is 0.561. The quantitative estimate of drug-likeness (QED) is 0.368. The summed E-state index contributed by atoms with van der Waals surface area (Å²) in [4.78, 5) is 45.8. The molecule has 0 spiro atoms. The van der Waals surface area contributed by atoms with E-state index in [1.54, 1.807) is 35.2 Å². The fraction of sp³-hybridized carbons (Fsp3) is 0.286. The summed E-state index contributed by atoms with van der Waals surface area (Å²) in [5.41, 5.74) is 0.782. The second kappa shape index (κ2) is 9.24. The van der Waals surface area contributed by atoms with Crippen LogP contribution in [0, 0.1) is 16.0 Å². The average Bonchev–Trinajstić information content (AvgIpc) is 2.75. The Bertz CT molecular complexity index is 1010. The summed E-state index contributed by atoms with van der Waals surface area (Å²) in [5.74, 6) is -2.96. The molecule has 1 fully saturated rings. The van der Waals surface area contributed by atoms with E-state index in [9.17, 15) is 24.5 Å². The lowest BCUT2D eigenvalue weighted by Gasteiger charge is -2.31. The molecule has 1 aliphatic rings. The van der Waals surface area contributed by atoms with Crippen molar-refractivity contribution < 1.29 is 34.3 Å². The molecule has 0 saturated carbocycles. The summed E-state index contributed by atoms with van der Waals surface area (Å²) in [6, 6.07) is 10.6. The van der Waals surface area contributed by atoms with Crippen LogP contribution in [0.5, 0.6) is 11.5 Å². The lowest BCUT2D eigenvalue weighted by Crippen LogP contribution is -2.36. The Kier molecular flexibility index (Phi) is 6.49. The van der Waals surface area contributed by atoms with E-state index in [0.717, 1.165) is 0 Å². The Morgan fingerprint density at radius 3 is 2.19 bits per heavy atom. The number of nitro groups is 1. The fourth-order valence-corrected chi connectivity index (χ4v) is 3.41. The number of carbonyl (C=O) groups is 3. The summed E-state index contributed by atoms with van der Waals surface area (Å²) in [6.45, 7) is 0.765. The highest BCUT2D eigenvalue weighted by Gasteiger charge is 2.28. The molecule has 1 aliphatic heterocycles. The second-order valence-corrected chi connectivity index (χ2v) is 7.16. The van der Waals surface area contributed by atoms with Crippen molar-refractivity contribution in [2.45, 2.75) is 19.3 Å². The molecular weight excluding hydrogens is 408 g/mol. The third-order valence-electron chi connectivity index (χ3n) is 5.09. The molecule has 10 nitrogen and oxygen atoms in total. The molecule has 0 radical (unpaired) electrons. The molecule has 0 bridgehead atoms. The monoisotopic (exact) mass is 428 g/mol. The number of carboxylic acid groups (broad SMARTS) is 2. The van der Waals surface area contributed by atoms with Gasteiger partial charge in [-0.1, -0.05) is 12.1 Å². The van der Waals surface area contributed by atoms with Crippen LogP contribution in [0.15, 0.2) is 42.5 Å². The largest absolute Gasteiger partial charge is 0.481 e. The van der Waals surface area contributed by atoms with Gasteiger partial charge in [0.05, 0.1) is 10.8 Å². The van der Waals surface area contributed by atoms with Crippen molar-refractivity contribution in [1.29, 1.82) is 0 Å². The van der Waals surface area contributed by atoms with Crippen LogP contribution in [0.25, 0.3) is 0 Å². The molecule has 1 heterocycles. The van der Waals surface area contributed by atoms with Crippen molar-refractivity contribution in [2.24, 2.45) is 5.92 Å². The van der Waals surface area contributed by atoms with Gasteiger partial charge in [0, 0.05) is 31.6 Å². The average molecular weight is 428 g/mol. The molecule has 2 aromatic rings. The molecule has 0 atom stereocenters. The van der Waals surface area contributed by atoms with Crippen molar-refractivity contribution in [1.82, 2.24) is 0 Å². The third kappa shape index (κ3) is 5.35. The van der Waals surface area contributed by atoms with Gasteiger partial charge in [-0.2, -0.15) is 0 Å². The van der Waals surface area contributed by atoms with E-state index in [1.807, 2.05) is 0 Å². The number of aliphatic carboxylic acids is 2. The molecule has 2 N–H and O–H groups in total. The fourth-order valence-electron chi connectivity index (χ4n) is 3.41. The minimum atomic E-state index is -1.49. The first-order valence-corrected chi connectivity index (χ1v) is 9.53. The first-order valence-electron chi connectivity index (χ1n) is 9.53. The van der Waals surface area contributed by atoms with E-state index < -0.39 is 28.6 Å². The number of hydrogen-bond acceptors (Lipinski definition) is 7. The van der Waals surface area contributed by atoms with Gasteiger partial charge in [0.1, 0.15) is 17.2 Å². The number of carboxylic acids is 2. The number of piperidine rings is 1. The predicted molar refractivity (Wildman–Crippen MR) is 109 cm³/mol. The molecule has 0 aliphatic carbocycles. The van der Waals surface area contributed by atoms with E-state index >= 15 is 0 Å². The number of ether oxygens (including phenoxy) is 1. The summed E-state index contributed by atoms with van der Waals surface area (Å²) < 4.78 is 5.77.